The molecule has 1 heterocycles. The van der Waals surface area contributed by atoms with Crippen LogP contribution in [0.2, 0.25) is 10.0 Å². The number of hydrogen-bond acceptors (Lipinski definition) is 2. The van der Waals surface area contributed by atoms with Gasteiger partial charge in [-0.05, 0) is 18.2 Å². The highest BCUT2D eigenvalue weighted by molar-refractivity contribution is 6.32. The summed E-state index contributed by atoms with van der Waals surface area (Å²) in [4.78, 5) is 14.8. The van der Waals surface area contributed by atoms with Crippen molar-refractivity contribution in [1.29, 1.82) is 0 Å². The Hall–Kier alpha value is -1.12. The molecule has 0 aliphatic rings. The average molecular weight is 226 g/mol. The molecule has 2 rings (SSSR count). The van der Waals surface area contributed by atoms with Crippen molar-refractivity contribution < 1.29 is 4.79 Å². The van der Waals surface area contributed by atoms with Crippen LogP contribution >= 0.6 is 23.2 Å². The summed E-state index contributed by atoms with van der Waals surface area (Å²) in [6.45, 7) is 0. The fourth-order valence-electron chi connectivity index (χ4n) is 1.29. The number of nitrogens with zero attached hydrogens (tertiary/aromatic N) is 1. The van der Waals surface area contributed by atoms with E-state index in [4.69, 9.17) is 23.2 Å². The first-order valence-corrected chi connectivity index (χ1v) is 4.66. The van der Waals surface area contributed by atoms with Gasteiger partial charge in [0.15, 0.2) is 6.29 Å². The predicted octanol–water partition coefficient (Wildman–Crippen LogP) is 3.35. The third-order valence-electron chi connectivity index (χ3n) is 1.89. The summed E-state index contributed by atoms with van der Waals surface area (Å²) >= 11 is 11.6. The SMILES string of the molecule is O=Cc1cc(Cl)cc2ncc(Cl)cc12. The number of hydrogen-bond donors (Lipinski definition) is 0. The molecule has 70 valence electrons. The van der Waals surface area contributed by atoms with Gasteiger partial charge in [0, 0.05) is 22.2 Å². The lowest BCUT2D eigenvalue weighted by atomic mass is 10.1. The van der Waals surface area contributed by atoms with Gasteiger partial charge in [0.1, 0.15) is 0 Å². The third kappa shape index (κ3) is 1.59. The van der Waals surface area contributed by atoms with Gasteiger partial charge in [0.2, 0.25) is 0 Å². The Bertz CT molecular complexity index is 511. The van der Waals surface area contributed by atoms with Gasteiger partial charge < -0.3 is 0 Å². The zero-order valence-electron chi connectivity index (χ0n) is 7.00. The maximum absolute atomic E-state index is 10.8. The van der Waals surface area contributed by atoms with Gasteiger partial charge in [-0.2, -0.15) is 0 Å². The monoisotopic (exact) mass is 225 g/mol. The minimum atomic E-state index is 0.495. The van der Waals surface area contributed by atoms with Crippen molar-refractivity contribution in [1.82, 2.24) is 4.98 Å². The van der Waals surface area contributed by atoms with E-state index < -0.39 is 0 Å². The van der Waals surface area contributed by atoms with E-state index in [1.165, 1.54) is 6.20 Å². The molecule has 0 radical (unpaired) electrons. The summed E-state index contributed by atoms with van der Waals surface area (Å²) in [5.41, 5.74) is 1.17. The maximum Gasteiger partial charge on any atom is 0.150 e. The van der Waals surface area contributed by atoms with Crippen molar-refractivity contribution in [3.8, 4) is 0 Å². The van der Waals surface area contributed by atoms with Crippen LogP contribution in [0.5, 0.6) is 0 Å². The van der Waals surface area contributed by atoms with Crippen molar-refractivity contribution in [2.75, 3.05) is 0 Å². The summed E-state index contributed by atoms with van der Waals surface area (Å²) < 4.78 is 0. The van der Waals surface area contributed by atoms with E-state index in [-0.39, 0.29) is 0 Å². The lowest BCUT2D eigenvalue weighted by molar-refractivity contribution is 0.112. The number of halogens is 2. The average Bonchev–Trinajstić information content (AvgIpc) is 2.17. The van der Waals surface area contributed by atoms with Crippen LogP contribution in [0.4, 0.5) is 0 Å². The predicted molar refractivity (Wildman–Crippen MR) is 57.2 cm³/mol. The molecule has 4 heteroatoms. The standard InChI is InChI=1S/C10H5Cl2NO/c11-7-1-6(5-14)9-2-8(12)4-13-10(9)3-7/h1-5H. The lowest BCUT2D eigenvalue weighted by Crippen LogP contribution is -1.86. The number of pyridine rings is 1. The highest BCUT2D eigenvalue weighted by Gasteiger charge is 2.04. The molecule has 0 aliphatic heterocycles. The zero-order valence-corrected chi connectivity index (χ0v) is 8.51. The van der Waals surface area contributed by atoms with Crippen molar-refractivity contribution in [2.45, 2.75) is 0 Å². The molecular formula is C10H5Cl2NO. The zero-order chi connectivity index (χ0) is 10.1. The second-order valence-electron chi connectivity index (χ2n) is 2.83. The Kier molecular flexibility index (Phi) is 2.40. The van der Waals surface area contributed by atoms with Crippen LogP contribution < -0.4 is 0 Å². The number of carbonyl (C=O) groups excluding carboxylic acids is 1. The normalized spacial score (nSPS) is 10.4. The lowest BCUT2D eigenvalue weighted by Gasteiger charge is -2.01. The van der Waals surface area contributed by atoms with Crippen LogP contribution in [-0.4, -0.2) is 11.3 Å². The summed E-state index contributed by atoms with van der Waals surface area (Å²) in [5, 5.41) is 1.72. The third-order valence-corrected chi connectivity index (χ3v) is 2.32. The Morgan fingerprint density at radius 2 is 1.93 bits per heavy atom. The number of fused-ring (bicyclic) bond motifs is 1. The molecule has 0 bridgehead atoms. The second kappa shape index (κ2) is 3.56. The molecule has 0 unspecified atom stereocenters. The summed E-state index contributed by atoms with van der Waals surface area (Å²) in [7, 11) is 0. The van der Waals surface area contributed by atoms with Gasteiger partial charge in [-0.25, -0.2) is 0 Å². The Morgan fingerprint density at radius 1 is 1.14 bits per heavy atom. The van der Waals surface area contributed by atoms with E-state index >= 15 is 0 Å². The molecule has 0 atom stereocenters. The minimum absolute atomic E-state index is 0.495. The second-order valence-corrected chi connectivity index (χ2v) is 3.71. The molecule has 0 amide bonds. The largest absolute Gasteiger partial charge is 0.298 e. The fraction of sp³-hybridized carbons (Fsp3) is 0. The highest BCUT2D eigenvalue weighted by Crippen LogP contribution is 2.23. The van der Waals surface area contributed by atoms with Gasteiger partial charge in [0.05, 0.1) is 10.5 Å². The van der Waals surface area contributed by atoms with Crippen molar-refractivity contribution in [2.24, 2.45) is 0 Å². The van der Waals surface area contributed by atoms with E-state index in [1.54, 1.807) is 18.2 Å². The molecule has 0 fully saturated rings. The number of benzene rings is 1. The van der Waals surface area contributed by atoms with E-state index in [1.807, 2.05) is 0 Å². The van der Waals surface area contributed by atoms with Crippen LogP contribution in [0.3, 0.4) is 0 Å². The highest BCUT2D eigenvalue weighted by atomic mass is 35.5. The van der Waals surface area contributed by atoms with Crippen LogP contribution in [0.1, 0.15) is 10.4 Å². The first kappa shape index (κ1) is 9.44. The number of aromatic nitrogens is 1. The first-order valence-electron chi connectivity index (χ1n) is 3.90. The molecule has 0 saturated heterocycles. The Morgan fingerprint density at radius 3 is 2.64 bits per heavy atom. The molecule has 1 aromatic carbocycles. The number of carbonyl (C=O) groups is 1. The maximum atomic E-state index is 10.8. The molecule has 0 aliphatic carbocycles. The van der Waals surface area contributed by atoms with Gasteiger partial charge in [-0.15, -0.1) is 0 Å². The van der Waals surface area contributed by atoms with Crippen LogP contribution in [0.15, 0.2) is 24.4 Å². The van der Waals surface area contributed by atoms with E-state index in [0.717, 1.165) is 11.7 Å². The van der Waals surface area contributed by atoms with Gasteiger partial charge in [0.25, 0.3) is 0 Å². The molecular weight excluding hydrogens is 221 g/mol. The van der Waals surface area contributed by atoms with Gasteiger partial charge in [-0.3, -0.25) is 9.78 Å². The molecule has 2 aromatic rings. The quantitative estimate of drug-likeness (QED) is 0.698. The van der Waals surface area contributed by atoms with Gasteiger partial charge in [-0.1, -0.05) is 23.2 Å². The Labute approximate surface area is 90.5 Å². The molecule has 0 saturated carbocycles. The smallest absolute Gasteiger partial charge is 0.150 e. The first-order chi connectivity index (χ1) is 6.70. The topological polar surface area (TPSA) is 30.0 Å². The van der Waals surface area contributed by atoms with E-state index in [0.29, 0.717) is 21.1 Å². The summed E-state index contributed by atoms with van der Waals surface area (Å²) in [6, 6.07) is 4.99. The van der Waals surface area contributed by atoms with Crippen molar-refractivity contribution >= 4 is 40.4 Å². The van der Waals surface area contributed by atoms with E-state index in [9.17, 15) is 4.79 Å². The number of rotatable bonds is 1. The van der Waals surface area contributed by atoms with Crippen LogP contribution in [-0.2, 0) is 0 Å². The summed E-state index contributed by atoms with van der Waals surface area (Å²) in [6.07, 6.45) is 2.26. The molecule has 1 aromatic heterocycles. The molecule has 0 spiro atoms. The van der Waals surface area contributed by atoms with Crippen LogP contribution in [0.25, 0.3) is 10.9 Å². The van der Waals surface area contributed by atoms with Gasteiger partial charge >= 0.3 is 0 Å². The summed E-state index contributed by atoms with van der Waals surface area (Å²) in [5.74, 6) is 0. The molecule has 0 N–H and O–H groups in total. The van der Waals surface area contributed by atoms with E-state index in [2.05, 4.69) is 4.98 Å². The Balaban J connectivity index is 2.88. The molecule has 2 nitrogen and oxygen atoms in total. The number of aldehydes is 1. The molecule has 14 heavy (non-hydrogen) atoms. The van der Waals surface area contributed by atoms with Crippen molar-refractivity contribution in [3.63, 3.8) is 0 Å². The van der Waals surface area contributed by atoms with Crippen LogP contribution in [0, 0.1) is 0 Å². The van der Waals surface area contributed by atoms with Crippen molar-refractivity contribution in [3.05, 3.63) is 40.0 Å². The minimum Gasteiger partial charge on any atom is -0.298 e. The fourth-order valence-corrected chi connectivity index (χ4v) is 1.67.